The van der Waals surface area contributed by atoms with Crippen LogP contribution >= 0.6 is 7.82 Å². The summed E-state index contributed by atoms with van der Waals surface area (Å²) in [4.78, 5) is 40.9. The van der Waals surface area contributed by atoms with Crippen LogP contribution < -0.4 is 9.47 Å². The molecule has 250 valence electrons. The van der Waals surface area contributed by atoms with Crippen LogP contribution in [-0.2, 0) is 23.2 Å². The minimum atomic E-state index is -5.01. The highest BCUT2D eigenvalue weighted by atomic mass is 31.2. The second kappa shape index (κ2) is 12.9. The molecule has 13 nitrogen and oxygen atoms in total. The number of hydrogen-bond donors (Lipinski definition) is 2. The van der Waals surface area contributed by atoms with E-state index in [0.29, 0.717) is 72.5 Å². The van der Waals surface area contributed by atoms with Crippen LogP contribution in [-0.4, -0.2) is 75.2 Å². The number of amides is 2. The summed E-state index contributed by atoms with van der Waals surface area (Å²) < 4.78 is 38.8. The number of aliphatic hydroxyl groups excluding tert-OH is 1. The molecular formula is C33H39N4O9P. The molecule has 2 aromatic rings. The Hall–Kier alpha value is -3.97. The van der Waals surface area contributed by atoms with Crippen molar-refractivity contribution in [3.63, 3.8) is 0 Å². The molecule has 2 N–H and O–H groups in total. The second-order valence-electron chi connectivity index (χ2n) is 12.9. The molecule has 4 aliphatic rings. The molecule has 1 unspecified atom stereocenters. The van der Waals surface area contributed by atoms with Crippen molar-refractivity contribution >= 4 is 19.6 Å². The largest absolute Gasteiger partial charge is 0.485 e. The third kappa shape index (κ3) is 6.47. The average Bonchev–Trinajstić information content (AvgIpc) is 3.65. The molecule has 2 amide bonds. The van der Waals surface area contributed by atoms with E-state index >= 15 is 0 Å². The number of phosphoric acid groups is 1. The van der Waals surface area contributed by atoms with Gasteiger partial charge in [-0.05, 0) is 76.9 Å². The zero-order valence-electron chi connectivity index (χ0n) is 27.0. The van der Waals surface area contributed by atoms with Crippen molar-refractivity contribution in [3.8, 4) is 23.6 Å². The number of hydrogen-bond acceptors (Lipinski definition) is 10. The fourth-order valence-electron chi connectivity index (χ4n) is 6.92. The van der Waals surface area contributed by atoms with E-state index in [9.17, 15) is 29.6 Å². The Morgan fingerprint density at radius 3 is 1.49 bits per heavy atom. The first-order chi connectivity index (χ1) is 22.2. The summed E-state index contributed by atoms with van der Waals surface area (Å²) >= 11 is 0. The van der Waals surface area contributed by atoms with Gasteiger partial charge in [0.1, 0.15) is 34.9 Å². The lowest BCUT2D eigenvalue weighted by molar-refractivity contribution is -0.144. The highest BCUT2D eigenvalue weighted by molar-refractivity contribution is 7.47. The SMILES string of the molecule is CC1(C)Oc2ccc(C#N)cc2[C@@H](N2CCCC2=O)[C@H]1OP(=O)(O)O[C@H]1[C@@H](N2CCCC2=O)c2cc(C#N)ccc2OC1(C)C.CO. The molecule has 0 saturated carbocycles. The van der Waals surface area contributed by atoms with E-state index in [4.69, 9.17) is 23.6 Å². The quantitative estimate of drug-likeness (QED) is 0.420. The van der Waals surface area contributed by atoms with E-state index in [1.807, 2.05) is 0 Å². The summed E-state index contributed by atoms with van der Waals surface area (Å²) in [6.45, 7) is 7.59. The van der Waals surface area contributed by atoms with Gasteiger partial charge >= 0.3 is 7.82 Å². The Balaban J connectivity index is 0.00000213. The molecule has 0 bridgehead atoms. The fourth-order valence-corrected chi connectivity index (χ4v) is 8.29. The molecule has 0 radical (unpaired) electrons. The summed E-state index contributed by atoms with van der Waals surface area (Å²) in [5.41, 5.74) is -0.765. The normalized spacial score (nSPS) is 26.7. The monoisotopic (exact) mass is 666 g/mol. The first-order valence-corrected chi connectivity index (χ1v) is 16.9. The Morgan fingerprint density at radius 1 is 0.787 bits per heavy atom. The molecular weight excluding hydrogens is 627 g/mol. The maximum atomic E-state index is 14.2. The number of benzene rings is 2. The third-order valence-corrected chi connectivity index (χ3v) is 9.98. The van der Waals surface area contributed by atoms with Gasteiger partial charge in [0.25, 0.3) is 0 Å². The van der Waals surface area contributed by atoms with Crippen molar-refractivity contribution in [2.24, 2.45) is 0 Å². The van der Waals surface area contributed by atoms with Gasteiger partial charge in [0, 0.05) is 44.2 Å². The molecule has 0 spiro atoms. The maximum Gasteiger partial charge on any atom is 0.473 e. The Labute approximate surface area is 273 Å². The van der Waals surface area contributed by atoms with Gasteiger partial charge in [-0.2, -0.15) is 10.5 Å². The summed E-state index contributed by atoms with van der Waals surface area (Å²) in [6, 6.07) is 12.3. The number of phosphoric ester groups is 1. The van der Waals surface area contributed by atoms with Gasteiger partial charge in [-0.1, -0.05) is 0 Å². The average molecular weight is 667 g/mol. The molecule has 0 aromatic heterocycles. The molecule has 4 heterocycles. The molecule has 47 heavy (non-hydrogen) atoms. The van der Waals surface area contributed by atoms with Gasteiger partial charge in [-0.15, -0.1) is 0 Å². The zero-order chi connectivity index (χ0) is 34.3. The van der Waals surface area contributed by atoms with Crippen LogP contribution in [0, 0.1) is 22.7 Å². The van der Waals surface area contributed by atoms with Gasteiger partial charge in [-0.25, -0.2) is 4.57 Å². The smallest absolute Gasteiger partial charge is 0.473 e. The maximum absolute atomic E-state index is 14.2. The molecule has 5 atom stereocenters. The Morgan fingerprint density at radius 2 is 1.17 bits per heavy atom. The number of carbonyl (C=O) groups excluding carboxylic acids is 2. The molecule has 2 aromatic carbocycles. The lowest BCUT2D eigenvalue weighted by Crippen LogP contribution is -2.56. The van der Waals surface area contributed by atoms with Crippen LogP contribution in [0.1, 0.15) is 87.7 Å². The standard InChI is InChI=1S/C32H35N4O8P.CH4O/c1-31(2)29(27(35-13-5-7-25(35)37)21-15-19(17-33)9-11-23(21)41-31)43-45(39,40)44-30-28(36-14-6-8-26(36)38)22-16-20(18-34)10-12-24(22)42-32(30,3)4;1-2/h9-12,15-16,27-30H,5-8,13-14H2,1-4H3,(H,39,40);2H,1H3/t27-,28+,29-,30+;. The van der Waals surface area contributed by atoms with Gasteiger partial charge in [0.05, 0.1) is 35.3 Å². The van der Waals surface area contributed by atoms with E-state index in [0.717, 1.165) is 7.11 Å². The first-order valence-electron chi connectivity index (χ1n) is 15.4. The highest BCUT2D eigenvalue weighted by Gasteiger charge is 2.56. The van der Waals surface area contributed by atoms with Gasteiger partial charge in [0.2, 0.25) is 11.8 Å². The molecule has 2 fully saturated rings. The molecule has 14 heteroatoms. The Kier molecular flexibility index (Phi) is 9.44. The van der Waals surface area contributed by atoms with Crippen molar-refractivity contribution in [2.45, 2.75) is 88.9 Å². The minimum absolute atomic E-state index is 0.146. The number of nitriles is 2. The third-order valence-electron chi connectivity index (χ3n) is 8.99. The van der Waals surface area contributed by atoms with Crippen molar-refractivity contribution in [1.29, 1.82) is 10.5 Å². The summed E-state index contributed by atoms with van der Waals surface area (Å²) in [5, 5.41) is 26.2. The topological polar surface area (TPSA) is 183 Å². The van der Waals surface area contributed by atoms with Crippen LogP contribution in [0.15, 0.2) is 36.4 Å². The minimum Gasteiger partial charge on any atom is -0.485 e. The van der Waals surface area contributed by atoms with Gasteiger partial charge in [-0.3, -0.25) is 18.6 Å². The number of fused-ring (bicyclic) bond motifs is 2. The lowest BCUT2D eigenvalue weighted by atomic mass is 9.85. The molecule has 0 aliphatic carbocycles. The van der Waals surface area contributed by atoms with Crippen molar-refractivity contribution < 1.29 is 42.7 Å². The van der Waals surface area contributed by atoms with Crippen LogP contribution in [0.25, 0.3) is 0 Å². The van der Waals surface area contributed by atoms with E-state index in [1.165, 1.54) is 0 Å². The van der Waals surface area contributed by atoms with E-state index in [2.05, 4.69) is 12.1 Å². The first kappa shape index (κ1) is 34.4. The van der Waals surface area contributed by atoms with Crippen LogP contribution in [0.3, 0.4) is 0 Å². The van der Waals surface area contributed by atoms with Gasteiger partial charge < -0.3 is 29.3 Å². The molecule has 2 saturated heterocycles. The van der Waals surface area contributed by atoms with Gasteiger partial charge in [0.15, 0.2) is 0 Å². The van der Waals surface area contributed by atoms with Crippen molar-refractivity contribution in [3.05, 3.63) is 58.7 Å². The highest BCUT2D eigenvalue weighted by Crippen LogP contribution is 2.58. The van der Waals surface area contributed by atoms with E-state index in [-0.39, 0.29) is 11.8 Å². The zero-order valence-corrected chi connectivity index (χ0v) is 27.9. The van der Waals surface area contributed by atoms with Crippen molar-refractivity contribution in [2.75, 3.05) is 20.2 Å². The van der Waals surface area contributed by atoms with Crippen LogP contribution in [0.5, 0.6) is 11.5 Å². The van der Waals surface area contributed by atoms with E-state index < -0.39 is 43.3 Å². The van der Waals surface area contributed by atoms with E-state index in [1.54, 1.807) is 73.9 Å². The predicted molar refractivity (Wildman–Crippen MR) is 167 cm³/mol. The fraction of sp³-hybridized carbons (Fsp3) is 0.515. The van der Waals surface area contributed by atoms with Crippen LogP contribution in [0.4, 0.5) is 0 Å². The number of nitrogens with zero attached hydrogens (tertiary/aromatic N) is 4. The number of ether oxygens (including phenoxy) is 2. The number of carbonyl (C=O) groups is 2. The summed E-state index contributed by atoms with van der Waals surface area (Å²) in [6.07, 6.45) is -0.536. The molecule has 4 aliphatic heterocycles. The summed E-state index contributed by atoms with van der Waals surface area (Å²) in [5.74, 6) is 0.591. The Bertz CT molecular complexity index is 1580. The molecule has 6 rings (SSSR count). The number of rotatable bonds is 6. The summed E-state index contributed by atoms with van der Waals surface area (Å²) in [7, 11) is -4.01. The van der Waals surface area contributed by atoms with Crippen molar-refractivity contribution in [1.82, 2.24) is 9.80 Å². The lowest BCUT2D eigenvalue weighted by Gasteiger charge is -2.49. The van der Waals surface area contributed by atoms with Crippen LogP contribution in [0.2, 0.25) is 0 Å². The number of likely N-dealkylation sites (tertiary alicyclic amines) is 2. The predicted octanol–water partition coefficient (Wildman–Crippen LogP) is 4.28. The second-order valence-corrected chi connectivity index (χ2v) is 14.3. The number of aliphatic hydroxyl groups is 1.